The van der Waals surface area contributed by atoms with E-state index in [9.17, 15) is 4.79 Å². The van der Waals surface area contributed by atoms with Gasteiger partial charge >= 0.3 is 0 Å². The first-order valence-corrected chi connectivity index (χ1v) is 2.57. The molecule has 1 heterocycles. The van der Waals surface area contributed by atoms with E-state index >= 15 is 0 Å². The van der Waals surface area contributed by atoms with Gasteiger partial charge in [0.2, 0.25) is 6.41 Å². The first kappa shape index (κ1) is 6.10. The third-order valence-electron chi connectivity index (χ3n) is 0.802. The van der Waals surface area contributed by atoms with Crippen LogP contribution < -0.4 is 5.32 Å². The highest BCUT2D eigenvalue weighted by Crippen LogP contribution is 2.04. The average molecular weight is 146 g/mol. The van der Waals surface area contributed by atoms with Gasteiger partial charge in [0.25, 0.3) is 0 Å². The predicted molar refractivity (Wildman–Crippen MR) is 33.2 cm³/mol. The first-order valence-electron chi connectivity index (χ1n) is 2.23. The van der Waals surface area contributed by atoms with Gasteiger partial charge in [-0.3, -0.25) is 4.79 Å². The minimum absolute atomic E-state index is 0.465. The number of carbonyl (C=O) groups excluding carboxylic acids is 1. The average Bonchev–Trinajstić information content (AvgIpc) is 2.18. The third kappa shape index (κ3) is 1.20. The molecule has 0 saturated heterocycles. The molecule has 9 heavy (non-hydrogen) atoms. The van der Waals surface area contributed by atoms with Crippen LogP contribution in [0, 0.1) is 0 Å². The van der Waals surface area contributed by atoms with E-state index in [2.05, 4.69) is 10.3 Å². The van der Waals surface area contributed by atoms with Crippen molar-refractivity contribution in [2.24, 2.45) is 0 Å². The maximum absolute atomic E-state index is 9.81. The molecule has 0 fully saturated rings. The fraction of sp³-hybridized carbons (Fsp3) is 0. The first-order chi connectivity index (χ1) is 4.34. The Morgan fingerprint density at radius 3 is 3.11 bits per heavy atom. The fourth-order valence-corrected chi connectivity index (χ4v) is 0.582. The largest absolute Gasteiger partial charge is 0.312 e. The van der Waals surface area contributed by atoms with E-state index in [-0.39, 0.29) is 0 Å². The summed E-state index contributed by atoms with van der Waals surface area (Å²) in [5.74, 6) is 0.465. The highest BCUT2D eigenvalue weighted by molar-refractivity contribution is 6.17. The molecule has 1 aromatic rings. The van der Waals surface area contributed by atoms with Crippen molar-refractivity contribution in [1.82, 2.24) is 9.07 Å². The number of halogens is 1. The smallest absolute Gasteiger partial charge is 0.212 e. The fourth-order valence-electron chi connectivity index (χ4n) is 0.439. The molecule has 0 radical (unpaired) electrons. The quantitative estimate of drug-likeness (QED) is 0.615. The SMILES string of the molecule is O=CNc1cncn1Cl. The second-order valence-corrected chi connectivity index (χ2v) is 1.72. The molecule has 0 aliphatic rings. The lowest BCUT2D eigenvalue weighted by atomic mass is 10.8. The Labute approximate surface area is 56.6 Å². The van der Waals surface area contributed by atoms with Crippen molar-refractivity contribution in [1.29, 1.82) is 0 Å². The lowest BCUT2D eigenvalue weighted by Gasteiger charge is -1.92. The lowest BCUT2D eigenvalue weighted by Crippen LogP contribution is -1.95. The van der Waals surface area contributed by atoms with E-state index in [4.69, 9.17) is 11.8 Å². The van der Waals surface area contributed by atoms with Gasteiger partial charge in [0.1, 0.15) is 12.1 Å². The molecule has 0 saturated carbocycles. The van der Waals surface area contributed by atoms with Crippen LogP contribution in [0.15, 0.2) is 12.5 Å². The van der Waals surface area contributed by atoms with Gasteiger partial charge in [-0.25, -0.2) is 9.07 Å². The molecular weight excluding hydrogens is 142 g/mol. The summed E-state index contributed by atoms with van der Waals surface area (Å²) in [6.45, 7) is 0. The Bertz CT molecular complexity index is 209. The van der Waals surface area contributed by atoms with Gasteiger partial charge in [-0.1, -0.05) is 0 Å². The van der Waals surface area contributed by atoms with Crippen LogP contribution in [0.3, 0.4) is 0 Å². The summed E-state index contributed by atoms with van der Waals surface area (Å²) >= 11 is 5.45. The summed E-state index contributed by atoms with van der Waals surface area (Å²) in [5, 5.41) is 2.34. The van der Waals surface area contributed by atoms with Crippen molar-refractivity contribution >= 4 is 24.0 Å². The van der Waals surface area contributed by atoms with Crippen LogP contribution in [0.1, 0.15) is 0 Å². The number of carbonyl (C=O) groups is 1. The van der Waals surface area contributed by atoms with Gasteiger partial charge in [-0.05, 0) is 0 Å². The van der Waals surface area contributed by atoms with Gasteiger partial charge in [-0.2, -0.15) is 0 Å². The van der Waals surface area contributed by atoms with E-state index < -0.39 is 0 Å². The molecular formula is C4H4ClN3O. The molecule has 1 N–H and O–H groups in total. The highest BCUT2D eigenvalue weighted by Gasteiger charge is 1.94. The maximum atomic E-state index is 9.81. The molecule has 0 unspecified atom stereocenters. The van der Waals surface area contributed by atoms with Crippen molar-refractivity contribution in [2.75, 3.05) is 5.32 Å². The number of rotatable bonds is 2. The predicted octanol–water partition coefficient (Wildman–Crippen LogP) is 0.453. The summed E-state index contributed by atoms with van der Waals surface area (Å²) in [6, 6.07) is 0. The molecule has 1 rings (SSSR count). The van der Waals surface area contributed by atoms with E-state index in [1.165, 1.54) is 16.6 Å². The third-order valence-corrected chi connectivity index (χ3v) is 1.07. The Balaban J connectivity index is 2.80. The van der Waals surface area contributed by atoms with Crippen molar-refractivity contribution in [3.8, 4) is 0 Å². The number of aromatic nitrogens is 2. The summed E-state index contributed by atoms with van der Waals surface area (Å²) in [5.41, 5.74) is 0. The van der Waals surface area contributed by atoms with Gasteiger partial charge in [-0.15, -0.1) is 0 Å². The Hall–Kier alpha value is -1.03. The van der Waals surface area contributed by atoms with Crippen molar-refractivity contribution < 1.29 is 4.79 Å². The Morgan fingerprint density at radius 2 is 2.67 bits per heavy atom. The van der Waals surface area contributed by atoms with Gasteiger partial charge in [0, 0.05) is 11.8 Å². The molecule has 1 amide bonds. The van der Waals surface area contributed by atoms with Crippen LogP contribution in [-0.2, 0) is 4.79 Å². The zero-order chi connectivity index (χ0) is 6.69. The minimum Gasteiger partial charge on any atom is -0.312 e. The molecule has 0 aliphatic carbocycles. The number of hydrogen-bond acceptors (Lipinski definition) is 2. The van der Waals surface area contributed by atoms with Crippen molar-refractivity contribution in [3.05, 3.63) is 12.5 Å². The van der Waals surface area contributed by atoms with Crippen LogP contribution in [0.25, 0.3) is 0 Å². The Morgan fingerprint density at radius 1 is 1.89 bits per heavy atom. The zero-order valence-corrected chi connectivity index (χ0v) is 5.17. The lowest BCUT2D eigenvalue weighted by molar-refractivity contribution is -0.105. The number of imidazole rings is 1. The molecule has 0 aliphatic heterocycles. The molecule has 0 aromatic carbocycles. The molecule has 4 nitrogen and oxygen atoms in total. The topological polar surface area (TPSA) is 46.9 Å². The second-order valence-electron chi connectivity index (χ2n) is 1.35. The van der Waals surface area contributed by atoms with Gasteiger partial charge in [0.05, 0.1) is 6.20 Å². The van der Waals surface area contributed by atoms with Crippen molar-refractivity contribution in [2.45, 2.75) is 0 Å². The molecule has 5 heteroatoms. The number of amides is 1. The maximum Gasteiger partial charge on any atom is 0.212 e. The van der Waals surface area contributed by atoms with Crippen molar-refractivity contribution in [3.63, 3.8) is 0 Å². The molecule has 1 aromatic heterocycles. The molecule has 48 valence electrons. The minimum atomic E-state index is 0.465. The zero-order valence-electron chi connectivity index (χ0n) is 4.41. The van der Waals surface area contributed by atoms with Crippen LogP contribution in [-0.4, -0.2) is 15.5 Å². The van der Waals surface area contributed by atoms with E-state index in [0.29, 0.717) is 12.2 Å². The summed E-state index contributed by atoms with van der Waals surface area (Å²) in [6.07, 6.45) is 3.37. The molecule has 0 bridgehead atoms. The number of anilines is 1. The summed E-state index contributed by atoms with van der Waals surface area (Å²) < 4.78 is 1.19. The van der Waals surface area contributed by atoms with E-state index in [1.807, 2.05) is 0 Å². The summed E-state index contributed by atoms with van der Waals surface area (Å²) in [4.78, 5) is 13.5. The van der Waals surface area contributed by atoms with E-state index in [1.54, 1.807) is 0 Å². The number of nitrogens with zero attached hydrogens (tertiary/aromatic N) is 2. The molecule has 0 atom stereocenters. The monoisotopic (exact) mass is 145 g/mol. The van der Waals surface area contributed by atoms with Crippen LogP contribution in [0.5, 0.6) is 0 Å². The number of nitrogens with one attached hydrogen (secondary N) is 1. The van der Waals surface area contributed by atoms with Gasteiger partial charge in [0.15, 0.2) is 0 Å². The van der Waals surface area contributed by atoms with Crippen LogP contribution in [0.4, 0.5) is 5.82 Å². The Kier molecular flexibility index (Phi) is 1.69. The highest BCUT2D eigenvalue weighted by atomic mass is 35.5. The molecule has 0 spiro atoms. The summed E-state index contributed by atoms with van der Waals surface area (Å²) in [7, 11) is 0. The number of hydrogen-bond donors (Lipinski definition) is 1. The van der Waals surface area contributed by atoms with E-state index in [0.717, 1.165) is 0 Å². The normalized spacial score (nSPS) is 9.00. The van der Waals surface area contributed by atoms with Crippen LogP contribution in [0.2, 0.25) is 0 Å². The van der Waals surface area contributed by atoms with Crippen LogP contribution >= 0.6 is 11.8 Å². The second kappa shape index (κ2) is 2.50. The van der Waals surface area contributed by atoms with Gasteiger partial charge < -0.3 is 5.32 Å². The standard InChI is InChI=1S/C4H4ClN3O/c5-8-2-6-1-4(8)7-3-9/h1-3H,(H,7,9).